The molecule has 0 aromatic heterocycles. The third-order valence-electron chi connectivity index (χ3n) is 0.749. The fourth-order valence-electron chi connectivity index (χ4n) is 0.362. The maximum Gasteiger partial charge on any atom is 0.120 e. The Bertz CT molecular complexity index is 49.4. The molecular weight excluding hydrogens is 142 g/mol. The van der Waals surface area contributed by atoms with E-state index in [1.165, 1.54) is 0 Å². The maximum atomic E-state index is 9.65. The van der Waals surface area contributed by atoms with Crippen molar-refractivity contribution < 1.29 is 9.90 Å². The number of rotatable bonds is 4. The Kier molecular flexibility index (Phi) is 51.6. The first-order chi connectivity index (χ1) is 5.41. The van der Waals surface area contributed by atoms with Crippen molar-refractivity contribution in [1.29, 1.82) is 0 Å². The molecule has 2 N–H and O–H groups in total. The molecule has 0 radical (unpaired) electrons. The van der Waals surface area contributed by atoms with Crippen molar-refractivity contribution in [2.24, 2.45) is 0 Å². The van der Waals surface area contributed by atoms with Gasteiger partial charge in [0, 0.05) is 13.5 Å². The minimum atomic E-state index is 0.681. The monoisotopic (exact) mass is 163 g/mol. The zero-order chi connectivity index (χ0) is 9.54. The van der Waals surface area contributed by atoms with Crippen molar-refractivity contribution in [3.63, 3.8) is 0 Å². The van der Waals surface area contributed by atoms with Crippen LogP contribution in [0.5, 0.6) is 0 Å². The maximum absolute atomic E-state index is 9.65. The average molecular weight is 163 g/mol. The summed E-state index contributed by atoms with van der Waals surface area (Å²) in [5.74, 6) is 0. The van der Waals surface area contributed by atoms with Crippen molar-refractivity contribution >= 4 is 6.29 Å². The number of unbranched alkanes of at least 4 members (excludes halogenated alkanes) is 1. The van der Waals surface area contributed by atoms with E-state index < -0.39 is 0 Å². The van der Waals surface area contributed by atoms with Crippen molar-refractivity contribution in [2.75, 3.05) is 20.7 Å². The molecule has 0 unspecified atom stereocenters. The quantitative estimate of drug-likeness (QED) is 0.476. The van der Waals surface area contributed by atoms with Gasteiger partial charge in [0.1, 0.15) is 6.29 Å². The van der Waals surface area contributed by atoms with Crippen molar-refractivity contribution in [3.8, 4) is 0 Å². The molecule has 0 rings (SSSR count). The molecule has 0 bridgehead atoms. The lowest BCUT2D eigenvalue weighted by Gasteiger charge is -1.89. The Balaban J connectivity index is -0.000000138. The second kappa shape index (κ2) is 33.6. The van der Waals surface area contributed by atoms with Gasteiger partial charge in [-0.2, -0.15) is 0 Å². The normalized spacial score (nSPS) is 6.64. The topological polar surface area (TPSA) is 49.3 Å². The van der Waals surface area contributed by atoms with Crippen LogP contribution >= 0.6 is 0 Å². The number of aldehydes is 1. The lowest BCUT2D eigenvalue weighted by atomic mass is 10.3. The highest BCUT2D eigenvalue weighted by Gasteiger charge is 1.78. The van der Waals surface area contributed by atoms with Crippen LogP contribution in [0.1, 0.15) is 26.7 Å². The number of aliphatic hydroxyl groups is 1. The minimum Gasteiger partial charge on any atom is -0.400 e. The molecule has 0 atom stereocenters. The standard InChI is InChI=1S/C5H11NO.C2H6.CH4O/c1-6-4-2-3-5-7;2*1-2/h5-6H,2-4H2,1H3;1-2H3;2H,1H3. The summed E-state index contributed by atoms with van der Waals surface area (Å²) in [7, 11) is 2.88. The van der Waals surface area contributed by atoms with Crippen LogP contribution in [-0.4, -0.2) is 32.1 Å². The zero-order valence-electron chi connectivity index (χ0n) is 8.05. The summed E-state index contributed by atoms with van der Waals surface area (Å²) < 4.78 is 0. The summed E-state index contributed by atoms with van der Waals surface area (Å²) in [6.45, 7) is 4.94. The van der Waals surface area contributed by atoms with E-state index in [2.05, 4.69) is 5.32 Å². The molecule has 3 nitrogen and oxygen atoms in total. The van der Waals surface area contributed by atoms with Gasteiger partial charge < -0.3 is 15.2 Å². The van der Waals surface area contributed by atoms with Crippen molar-refractivity contribution in [1.82, 2.24) is 5.32 Å². The average Bonchev–Trinajstić information content (AvgIpc) is 2.13. The highest BCUT2D eigenvalue weighted by molar-refractivity contribution is 5.48. The Labute approximate surface area is 69.8 Å². The number of nitrogens with one attached hydrogen (secondary N) is 1. The zero-order valence-corrected chi connectivity index (χ0v) is 8.05. The summed E-state index contributed by atoms with van der Waals surface area (Å²) >= 11 is 0. The molecule has 70 valence electrons. The van der Waals surface area contributed by atoms with Gasteiger partial charge >= 0.3 is 0 Å². The van der Waals surface area contributed by atoms with E-state index in [0.29, 0.717) is 6.42 Å². The Hall–Kier alpha value is -0.410. The van der Waals surface area contributed by atoms with Gasteiger partial charge in [0.15, 0.2) is 0 Å². The van der Waals surface area contributed by atoms with Crippen LogP contribution in [0.15, 0.2) is 0 Å². The van der Waals surface area contributed by atoms with Crippen LogP contribution in [0.2, 0.25) is 0 Å². The Morgan fingerprint density at radius 1 is 1.36 bits per heavy atom. The molecule has 0 fully saturated rings. The van der Waals surface area contributed by atoms with Gasteiger partial charge in [-0.1, -0.05) is 13.8 Å². The Morgan fingerprint density at radius 3 is 2.09 bits per heavy atom. The highest BCUT2D eigenvalue weighted by Crippen LogP contribution is 1.77. The molecule has 0 aromatic rings. The molecule has 0 aliphatic heterocycles. The molecule has 0 aliphatic rings. The first-order valence-electron chi connectivity index (χ1n) is 3.94. The lowest BCUT2D eigenvalue weighted by Crippen LogP contribution is -2.06. The predicted octanol–water partition coefficient (Wildman–Crippen LogP) is 0.820. The molecule has 0 aliphatic carbocycles. The summed E-state index contributed by atoms with van der Waals surface area (Å²) in [6.07, 6.45) is 2.58. The first-order valence-corrected chi connectivity index (χ1v) is 3.94. The number of hydrogen-bond donors (Lipinski definition) is 2. The number of carbonyl (C=O) groups excluding carboxylic acids is 1. The molecule has 3 heteroatoms. The fraction of sp³-hybridized carbons (Fsp3) is 0.875. The van der Waals surface area contributed by atoms with Gasteiger partial charge in [0.2, 0.25) is 0 Å². The van der Waals surface area contributed by atoms with E-state index in [1.54, 1.807) is 0 Å². The van der Waals surface area contributed by atoms with Crippen molar-refractivity contribution in [3.05, 3.63) is 0 Å². The van der Waals surface area contributed by atoms with Crippen molar-refractivity contribution in [2.45, 2.75) is 26.7 Å². The second-order valence-electron chi connectivity index (χ2n) is 1.41. The SMILES string of the molecule is CC.CNCCCC=O.CO. The largest absolute Gasteiger partial charge is 0.400 e. The second-order valence-corrected chi connectivity index (χ2v) is 1.41. The van der Waals surface area contributed by atoms with Gasteiger partial charge in [-0.15, -0.1) is 0 Å². The van der Waals surface area contributed by atoms with E-state index in [4.69, 9.17) is 5.11 Å². The molecule has 0 aromatic carbocycles. The molecule has 0 saturated carbocycles. The fourth-order valence-corrected chi connectivity index (χ4v) is 0.362. The highest BCUT2D eigenvalue weighted by atomic mass is 16.2. The van der Waals surface area contributed by atoms with Crippen LogP contribution in [0.4, 0.5) is 0 Å². The van der Waals surface area contributed by atoms with E-state index in [-0.39, 0.29) is 0 Å². The molecule has 0 saturated heterocycles. The van der Waals surface area contributed by atoms with E-state index in [0.717, 1.165) is 26.4 Å². The van der Waals surface area contributed by atoms with Crippen LogP contribution < -0.4 is 5.32 Å². The Morgan fingerprint density at radius 2 is 1.82 bits per heavy atom. The number of hydrogen-bond acceptors (Lipinski definition) is 3. The minimum absolute atomic E-state index is 0.681. The third kappa shape index (κ3) is 42.9. The summed E-state index contributed by atoms with van der Waals surface area (Å²) in [6, 6.07) is 0. The lowest BCUT2D eigenvalue weighted by molar-refractivity contribution is -0.107. The molecule has 11 heavy (non-hydrogen) atoms. The van der Waals surface area contributed by atoms with E-state index >= 15 is 0 Å². The van der Waals surface area contributed by atoms with Gasteiger partial charge in [-0.25, -0.2) is 0 Å². The summed E-state index contributed by atoms with van der Waals surface area (Å²) in [5.41, 5.74) is 0. The van der Waals surface area contributed by atoms with Crippen LogP contribution in [0.3, 0.4) is 0 Å². The molecular formula is C8H21NO2. The molecule has 0 amide bonds. The smallest absolute Gasteiger partial charge is 0.120 e. The van der Waals surface area contributed by atoms with Crippen LogP contribution in [0.25, 0.3) is 0 Å². The third-order valence-corrected chi connectivity index (χ3v) is 0.749. The molecule has 0 heterocycles. The summed E-state index contributed by atoms with van der Waals surface area (Å²) in [5, 5.41) is 9.94. The van der Waals surface area contributed by atoms with Gasteiger partial charge in [0.25, 0.3) is 0 Å². The number of carbonyl (C=O) groups is 1. The van der Waals surface area contributed by atoms with Crippen LogP contribution in [-0.2, 0) is 4.79 Å². The number of aliphatic hydroxyl groups excluding tert-OH is 1. The molecule has 0 spiro atoms. The van der Waals surface area contributed by atoms with Gasteiger partial charge in [-0.3, -0.25) is 0 Å². The van der Waals surface area contributed by atoms with Crippen LogP contribution in [0, 0.1) is 0 Å². The van der Waals surface area contributed by atoms with Gasteiger partial charge in [0.05, 0.1) is 0 Å². The summed E-state index contributed by atoms with van der Waals surface area (Å²) in [4.78, 5) is 9.65. The predicted molar refractivity (Wildman–Crippen MR) is 48.7 cm³/mol. The van der Waals surface area contributed by atoms with E-state index in [1.807, 2.05) is 20.9 Å². The van der Waals surface area contributed by atoms with E-state index in [9.17, 15) is 4.79 Å². The first kappa shape index (κ1) is 16.9. The van der Waals surface area contributed by atoms with Gasteiger partial charge in [-0.05, 0) is 20.0 Å².